The number of allylic oxidation sites excluding steroid dienone is 2. The molecular weight excluding hydrogens is 231 g/mol. The minimum Gasteiger partial charge on any atom is -0.0936 e. The molecule has 0 aliphatic heterocycles. The van der Waals surface area contributed by atoms with Crippen LogP contribution < -0.4 is 0 Å². The summed E-state index contributed by atoms with van der Waals surface area (Å²) in [5.41, 5.74) is 0. The summed E-state index contributed by atoms with van der Waals surface area (Å²) in [6.45, 7) is 9.67. The second-order valence-corrected chi connectivity index (χ2v) is 11.0. The molecule has 1 saturated carbocycles. The molecule has 2 aliphatic rings. The number of hydrogen-bond donors (Lipinski definition) is 0. The Morgan fingerprint density at radius 3 is 2.11 bits per heavy atom. The summed E-state index contributed by atoms with van der Waals surface area (Å²) in [5.74, 6) is 4.87. The third kappa shape index (κ3) is 4.14. The monoisotopic (exact) mass is 262 g/mol. The van der Waals surface area contributed by atoms with Crippen LogP contribution >= 0.6 is 0 Å². The van der Waals surface area contributed by atoms with E-state index >= 15 is 0 Å². The highest BCUT2D eigenvalue weighted by molar-refractivity contribution is 6.58. The van der Waals surface area contributed by atoms with E-state index in [2.05, 4.69) is 39.8 Å². The van der Waals surface area contributed by atoms with Crippen molar-refractivity contribution in [2.75, 3.05) is 0 Å². The Kier molecular flexibility index (Phi) is 5.40. The molecule has 1 fully saturated rings. The largest absolute Gasteiger partial charge is 0.262 e. The Morgan fingerprint density at radius 1 is 1.00 bits per heavy atom. The first-order valence-electron chi connectivity index (χ1n) is 8.23. The molecule has 18 heavy (non-hydrogen) atoms. The first kappa shape index (κ1) is 14.7. The third-order valence-corrected chi connectivity index (χ3v) is 9.34. The van der Waals surface area contributed by atoms with Crippen LogP contribution in [0.2, 0.25) is 15.8 Å². The normalized spacial score (nSPS) is 29.8. The van der Waals surface area contributed by atoms with Crippen LogP contribution in [0, 0.1) is 29.6 Å². The second kappa shape index (κ2) is 6.63. The molecule has 2 bridgehead atoms. The molecule has 3 atom stereocenters. The van der Waals surface area contributed by atoms with Gasteiger partial charge in [-0.15, -0.1) is 0 Å². The minimum atomic E-state index is -0.453. The zero-order chi connectivity index (χ0) is 13.1. The summed E-state index contributed by atoms with van der Waals surface area (Å²) in [6, 6.07) is 0. The van der Waals surface area contributed by atoms with Crippen molar-refractivity contribution < 1.29 is 0 Å². The summed E-state index contributed by atoms with van der Waals surface area (Å²) in [5, 5.41) is 4.78. The van der Waals surface area contributed by atoms with Gasteiger partial charge in [-0.1, -0.05) is 74.0 Å². The van der Waals surface area contributed by atoms with Crippen molar-refractivity contribution in [1.82, 2.24) is 0 Å². The Morgan fingerprint density at radius 2 is 1.67 bits per heavy atom. The maximum absolute atomic E-state index is 2.53. The molecule has 0 N–H and O–H groups in total. The van der Waals surface area contributed by atoms with E-state index in [1.54, 1.807) is 22.3 Å². The van der Waals surface area contributed by atoms with E-state index < -0.39 is 14.1 Å². The van der Waals surface area contributed by atoms with Gasteiger partial charge in [0.1, 0.15) is 0 Å². The zero-order valence-corrected chi connectivity index (χ0v) is 14.0. The molecule has 3 unspecified atom stereocenters. The fraction of sp³-hybridized carbons (Fsp3) is 0.882. The maximum atomic E-state index is 2.53. The quantitative estimate of drug-likeness (QED) is 0.426. The van der Waals surface area contributed by atoms with Crippen molar-refractivity contribution in [3.05, 3.63) is 12.2 Å². The van der Waals surface area contributed by atoms with Gasteiger partial charge in [0.2, 0.25) is 0 Å². The van der Waals surface area contributed by atoms with E-state index in [0.717, 1.165) is 29.6 Å². The molecule has 0 amide bonds. The lowest BCUT2D eigenvalue weighted by Gasteiger charge is -2.21. The third-order valence-electron chi connectivity index (χ3n) is 4.97. The van der Waals surface area contributed by atoms with Crippen molar-refractivity contribution in [1.29, 1.82) is 0 Å². The molecular formula is C17H31Al. The van der Waals surface area contributed by atoms with E-state index in [1.165, 1.54) is 12.8 Å². The predicted molar refractivity (Wildman–Crippen MR) is 83.3 cm³/mol. The SMILES string of the molecule is CC(C)[CH2][Al]([CH2]CC1CC2C=CC1C2)[CH2]C(C)C. The Bertz CT molecular complexity index is 269. The molecule has 0 saturated heterocycles. The zero-order valence-electron chi connectivity index (χ0n) is 12.9. The first-order chi connectivity index (χ1) is 8.54. The summed E-state index contributed by atoms with van der Waals surface area (Å²) in [6.07, 6.45) is 9.58. The van der Waals surface area contributed by atoms with Gasteiger partial charge in [0.05, 0.1) is 0 Å². The van der Waals surface area contributed by atoms with Crippen LogP contribution in [0.1, 0.15) is 47.0 Å². The molecule has 2 aliphatic carbocycles. The van der Waals surface area contributed by atoms with Crippen molar-refractivity contribution in [3.63, 3.8) is 0 Å². The molecule has 0 heterocycles. The average Bonchev–Trinajstić information content (AvgIpc) is 2.85. The Hall–Kier alpha value is 0.272. The second-order valence-electron chi connectivity index (χ2n) is 7.74. The Labute approximate surface area is 119 Å². The minimum absolute atomic E-state index is 0.453. The highest BCUT2D eigenvalue weighted by Crippen LogP contribution is 2.45. The lowest BCUT2D eigenvalue weighted by molar-refractivity contribution is 0.431. The fourth-order valence-corrected chi connectivity index (χ4v) is 8.57. The molecule has 2 rings (SSSR count). The van der Waals surface area contributed by atoms with Crippen molar-refractivity contribution in [2.24, 2.45) is 29.6 Å². The van der Waals surface area contributed by atoms with Crippen LogP contribution in [0.5, 0.6) is 0 Å². The standard InChI is InChI=1S/C9H13.2C4H9.Al/c1-2-8-5-7-3-4-9(8)6-7;2*1-4(2)3;/h3-4,7-9H,1-2,5-6H2;2*4H,1H2,2-3H3;. The number of fused-ring (bicyclic) bond motifs is 2. The van der Waals surface area contributed by atoms with Gasteiger partial charge in [-0.05, 0) is 30.6 Å². The smallest absolute Gasteiger partial charge is 0.0936 e. The molecule has 1 heteroatoms. The Balaban J connectivity index is 1.76. The lowest BCUT2D eigenvalue weighted by Crippen LogP contribution is -2.19. The van der Waals surface area contributed by atoms with E-state index in [-0.39, 0.29) is 0 Å². The van der Waals surface area contributed by atoms with Gasteiger partial charge in [-0.3, -0.25) is 0 Å². The highest BCUT2D eigenvalue weighted by atomic mass is 27.2. The summed E-state index contributed by atoms with van der Waals surface area (Å²) in [4.78, 5) is 0. The van der Waals surface area contributed by atoms with Crippen molar-refractivity contribution >= 4 is 14.1 Å². The van der Waals surface area contributed by atoms with Gasteiger partial charge < -0.3 is 0 Å². The van der Waals surface area contributed by atoms with E-state index in [9.17, 15) is 0 Å². The van der Waals surface area contributed by atoms with Crippen LogP contribution in [0.4, 0.5) is 0 Å². The summed E-state index contributed by atoms with van der Waals surface area (Å²) >= 11 is -0.453. The van der Waals surface area contributed by atoms with Crippen LogP contribution in [-0.4, -0.2) is 14.1 Å². The number of rotatable bonds is 7. The topological polar surface area (TPSA) is 0 Å². The maximum Gasteiger partial charge on any atom is 0.262 e. The lowest BCUT2D eigenvalue weighted by atomic mass is 9.91. The van der Waals surface area contributed by atoms with Gasteiger partial charge in [0, 0.05) is 0 Å². The molecule has 0 aromatic heterocycles. The van der Waals surface area contributed by atoms with Gasteiger partial charge in [-0.25, -0.2) is 0 Å². The van der Waals surface area contributed by atoms with Gasteiger partial charge in [0.25, 0.3) is 14.1 Å². The number of hydrogen-bond acceptors (Lipinski definition) is 0. The highest BCUT2D eigenvalue weighted by Gasteiger charge is 2.35. The average molecular weight is 262 g/mol. The van der Waals surface area contributed by atoms with Crippen LogP contribution in [-0.2, 0) is 0 Å². The van der Waals surface area contributed by atoms with Crippen LogP contribution in [0.25, 0.3) is 0 Å². The summed E-state index contributed by atoms with van der Waals surface area (Å²) < 4.78 is 0. The van der Waals surface area contributed by atoms with Crippen molar-refractivity contribution in [2.45, 2.75) is 62.8 Å². The van der Waals surface area contributed by atoms with E-state index in [4.69, 9.17) is 0 Å². The predicted octanol–water partition coefficient (Wildman–Crippen LogP) is 5.40. The first-order valence-corrected chi connectivity index (χ1v) is 10.7. The van der Waals surface area contributed by atoms with Gasteiger partial charge >= 0.3 is 0 Å². The molecule has 0 radical (unpaired) electrons. The van der Waals surface area contributed by atoms with Crippen molar-refractivity contribution in [3.8, 4) is 0 Å². The van der Waals surface area contributed by atoms with Crippen LogP contribution in [0.3, 0.4) is 0 Å². The molecule has 0 aromatic carbocycles. The molecule has 0 nitrogen and oxygen atoms in total. The fourth-order valence-electron chi connectivity index (χ4n) is 4.34. The molecule has 102 valence electrons. The van der Waals surface area contributed by atoms with Crippen LogP contribution in [0.15, 0.2) is 12.2 Å². The van der Waals surface area contributed by atoms with E-state index in [0.29, 0.717) is 0 Å². The van der Waals surface area contributed by atoms with E-state index in [1.807, 2.05) is 0 Å². The molecule has 0 spiro atoms. The molecule has 0 aromatic rings. The van der Waals surface area contributed by atoms with Gasteiger partial charge in [-0.2, -0.15) is 0 Å². The van der Waals surface area contributed by atoms with Gasteiger partial charge in [0.15, 0.2) is 0 Å². The summed E-state index contributed by atoms with van der Waals surface area (Å²) in [7, 11) is 0.